The van der Waals surface area contributed by atoms with Gasteiger partial charge in [-0.2, -0.15) is 0 Å². The zero-order valence-corrected chi connectivity index (χ0v) is 26.9. The van der Waals surface area contributed by atoms with E-state index in [1.165, 1.54) is 19.7 Å². The topological polar surface area (TPSA) is 19.6 Å². The van der Waals surface area contributed by atoms with Crippen LogP contribution in [0.2, 0.25) is 11.5 Å². The Morgan fingerprint density at radius 2 is 0.886 bits per heavy atom. The Labute approximate surface area is 261 Å². The number of furan rings is 1. The van der Waals surface area contributed by atoms with Crippen molar-refractivity contribution in [1.29, 1.82) is 0 Å². The molecule has 0 bridgehead atoms. The van der Waals surface area contributed by atoms with Crippen molar-refractivity contribution in [2.75, 3.05) is 9.80 Å². The van der Waals surface area contributed by atoms with E-state index >= 15 is 0 Å². The molecule has 0 aliphatic carbocycles. The number of hydrogen-bond acceptors (Lipinski definition) is 3. The van der Waals surface area contributed by atoms with E-state index in [2.05, 4.69) is 179 Å². The Bertz CT molecular complexity index is 2010. The van der Waals surface area contributed by atoms with E-state index in [0.29, 0.717) is 0 Å². The first-order valence-corrected chi connectivity index (χ1v) is 21.4. The molecule has 1 aliphatic rings. The van der Waals surface area contributed by atoms with E-state index in [9.17, 15) is 0 Å². The van der Waals surface area contributed by atoms with Crippen LogP contribution in [0.15, 0.2) is 162 Å². The fourth-order valence-electron chi connectivity index (χ4n) is 6.78. The van der Waals surface area contributed by atoms with Crippen molar-refractivity contribution in [2.24, 2.45) is 0 Å². The van der Waals surface area contributed by atoms with Gasteiger partial charge in [-0.25, -0.2) is 0 Å². The predicted octanol–water partition coefficient (Wildman–Crippen LogP) is 10.2. The predicted molar refractivity (Wildman–Crippen MR) is 188 cm³/mol. The molecule has 0 N–H and O–H groups in total. The molecule has 3 nitrogen and oxygen atoms in total. The number of nitrogens with zero attached hydrogens (tertiary/aromatic N) is 2. The third-order valence-electron chi connectivity index (χ3n) is 8.79. The summed E-state index contributed by atoms with van der Waals surface area (Å²) < 4.78 is 9.68. The van der Waals surface area contributed by atoms with Crippen LogP contribution < -0.4 is 18.6 Å². The zero-order valence-electron chi connectivity index (χ0n) is 24.8. The number of para-hydroxylation sites is 4. The third-order valence-corrected chi connectivity index (χ3v) is 16.2. The standard InChI is InChI=1S/C40H32GeN2O/c1-41(2)37-25-23-33(42(29-15-7-3-8-16-29)30-17-9-4-10-18-30)27-35(37)40-39(41)36-28-34(24-26-38(36)44-40)43(31-19-11-5-12-20-31)32-21-13-6-14-22-32/h3-28H,1-2H3. The maximum absolute atomic E-state index is 6.77. The maximum atomic E-state index is 6.77. The molecule has 44 heavy (non-hydrogen) atoms. The quantitative estimate of drug-likeness (QED) is 0.171. The summed E-state index contributed by atoms with van der Waals surface area (Å²) in [4.78, 5) is 4.66. The Morgan fingerprint density at radius 3 is 1.36 bits per heavy atom. The van der Waals surface area contributed by atoms with Crippen LogP contribution in [0.3, 0.4) is 0 Å². The number of rotatable bonds is 6. The van der Waals surface area contributed by atoms with E-state index in [4.69, 9.17) is 4.42 Å². The van der Waals surface area contributed by atoms with Gasteiger partial charge >= 0.3 is 262 Å². The van der Waals surface area contributed by atoms with Gasteiger partial charge in [0.15, 0.2) is 0 Å². The van der Waals surface area contributed by atoms with Crippen LogP contribution >= 0.6 is 0 Å². The van der Waals surface area contributed by atoms with Crippen molar-refractivity contribution in [2.45, 2.75) is 11.5 Å². The molecule has 0 saturated carbocycles. The average Bonchev–Trinajstić information content (AvgIpc) is 3.56. The fraction of sp³-hybridized carbons (Fsp3) is 0.0500. The van der Waals surface area contributed by atoms with E-state index in [0.717, 1.165) is 45.5 Å². The van der Waals surface area contributed by atoms with Crippen LogP contribution in [0.1, 0.15) is 0 Å². The van der Waals surface area contributed by atoms with Crippen molar-refractivity contribution in [3.63, 3.8) is 0 Å². The van der Waals surface area contributed by atoms with Gasteiger partial charge < -0.3 is 0 Å². The van der Waals surface area contributed by atoms with Crippen molar-refractivity contribution in [3.05, 3.63) is 158 Å². The van der Waals surface area contributed by atoms with E-state index < -0.39 is 13.3 Å². The molecule has 0 unspecified atom stereocenters. The molecule has 8 rings (SSSR count). The molecule has 6 aromatic carbocycles. The van der Waals surface area contributed by atoms with Gasteiger partial charge in [0.25, 0.3) is 0 Å². The van der Waals surface area contributed by atoms with E-state index in [1.54, 1.807) is 0 Å². The van der Waals surface area contributed by atoms with Crippen LogP contribution in [0.4, 0.5) is 34.1 Å². The summed E-state index contributed by atoms with van der Waals surface area (Å²) in [7, 11) is 0. The minimum absolute atomic E-state index is 0.956. The molecule has 0 amide bonds. The SMILES string of the molecule is [CH3][Ge]1([CH3])[c]2ccc(N(c3ccccc3)c3ccccc3)cc2-c2oc3ccc(N(c4ccccc4)c4ccccc4)cc3[c]21. The number of benzene rings is 6. The van der Waals surface area contributed by atoms with Gasteiger partial charge in [0.1, 0.15) is 0 Å². The monoisotopic (exact) mass is 630 g/mol. The first-order chi connectivity index (χ1) is 21.6. The van der Waals surface area contributed by atoms with Crippen LogP contribution in [0.5, 0.6) is 0 Å². The summed E-state index contributed by atoms with van der Waals surface area (Å²) in [6.07, 6.45) is 0. The van der Waals surface area contributed by atoms with Crippen molar-refractivity contribution < 1.29 is 4.42 Å². The summed E-state index contributed by atoms with van der Waals surface area (Å²) in [6.45, 7) is 0. The van der Waals surface area contributed by atoms with Gasteiger partial charge in [0.05, 0.1) is 0 Å². The first kappa shape index (κ1) is 26.6. The molecule has 4 heteroatoms. The fourth-order valence-corrected chi connectivity index (χ4v) is 13.6. The van der Waals surface area contributed by atoms with Crippen molar-refractivity contribution in [1.82, 2.24) is 0 Å². The van der Waals surface area contributed by atoms with Gasteiger partial charge in [-0.15, -0.1) is 0 Å². The molecule has 1 aromatic heterocycles. The second kappa shape index (κ2) is 10.6. The summed E-state index contributed by atoms with van der Waals surface area (Å²) >= 11 is -2.70. The Hall–Kier alpha value is -5.00. The van der Waals surface area contributed by atoms with Gasteiger partial charge in [-0.05, 0) is 0 Å². The van der Waals surface area contributed by atoms with Crippen LogP contribution in [0.25, 0.3) is 22.3 Å². The molecule has 0 fully saturated rings. The molecule has 212 valence electrons. The summed E-state index contributed by atoms with van der Waals surface area (Å²) in [5, 5.41) is 1.24. The molecule has 0 saturated heterocycles. The molecule has 0 spiro atoms. The summed E-state index contributed by atoms with van der Waals surface area (Å²) in [6, 6.07) is 56.1. The van der Waals surface area contributed by atoms with Gasteiger partial charge in [-0.1, -0.05) is 0 Å². The number of fused-ring (bicyclic) bond motifs is 5. The number of anilines is 6. The molecule has 2 heterocycles. The first-order valence-electron chi connectivity index (χ1n) is 15.1. The van der Waals surface area contributed by atoms with Crippen LogP contribution in [0, 0.1) is 0 Å². The molecule has 1 aliphatic heterocycles. The Kier molecular flexibility index (Phi) is 6.42. The average molecular weight is 629 g/mol. The van der Waals surface area contributed by atoms with Gasteiger partial charge in [-0.3, -0.25) is 0 Å². The molecule has 0 atom stereocenters. The summed E-state index contributed by atoms with van der Waals surface area (Å²) in [5.74, 6) is 6.06. The minimum atomic E-state index is -2.70. The Morgan fingerprint density at radius 1 is 0.455 bits per heavy atom. The van der Waals surface area contributed by atoms with Crippen molar-refractivity contribution >= 4 is 67.2 Å². The van der Waals surface area contributed by atoms with Crippen LogP contribution in [-0.2, 0) is 0 Å². The Balaban J connectivity index is 1.29. The van der Waals surface area contributed by atoms with E-state index in [-0.39, 0.29) is 0 Å². The zero-order chi connectivity index (χ0) is 29.7. The molecule has 7 aromatic rings. The number of hydrogen-bond donors (Lipinski definition) is 0. The van der Waals surface area contributed by atoms with Gasteiger partial charge in [0.2, 0.25) is 0 Å². The van der Waals surface area contributed by atoms with Gasteiger partial charge in [0, 0.05) is 0 Å². The molecular formula is C40H32GeN2O. The normalized spacial score (nSPS) is 13.0. The third kappa shape index (κ3) is 4.35. The molecular weight excluding hydrogens is 597 g/mol. The van der Waals surface area contributed by atoms with Crippen molar-refractivity contribution in [3.8, 4) is 11.3 Å². The van der Waals surface area contributed by atoms with Crippen LogP contribution in [-0.4, -0.2) is 13.3 Å². The summed E-state index contributed by atoms with van der Waals surface area (Å²) in [5.41, 5.74) is 8.99. The van der Waals surface area contributed by atoms with E-state index in [1.807, 2.05) is 0 Å². The second-order valence-electron chi connectivity index (χ2n) is 11.9. The second-order valence-corrected chi connectivity index (χ2v) is 20.9. The molecule has 0 radical (unpaired) electrons.